The zero-order valence-corrected chi connectivity index (χ0v) is 10.3. The number of carbonyl (C=O) groups excluding carboxylic acids is 1. The van der Waals surface area contributed by atoms with Crippen LogP contribution in [0.4, 0.5) is 0 Å². The van der Waals surface area contributed by atoms with Crippen LogP contribution in [0.15, 0.2) is 16.9 Å². The molecule has 7 heteroatoms. The van der Waals surface area contributed by atoms with E-state index in [1.807, 2.05) is 0 Å². The number of hydrogen-bond donors (Lipinski definition) is 3. The number of rotatable bonds is 2. The van der Waals surface area contributed by atoms with Gasteiger partial charge in [-0.05, 0) is 13.3 Å². The molecule has 2 heterocycles. The van der Waals surface area contributed by atoms with Crippen molar-refractivity contribution in [1.82, 2.24) is 9.88 Å². The predicted octanol–water partition coefficient (Wildman–Crippen LogP) is 0.0157. The molecule has 1 aromatic heterocycles. The van der Waals surface area contributed by atoms with Gasteiger partial charge in [-0.25, -0.2) is 0 Å². The van der Waals surface area contributed by atoms with E-state index in [4.69, 9.17) is 5.11 Å². The number of hydrogen-bond acceptors (Lipinski definition) is 4. The number of amides is 1. The van der Waals surface area contributed by atoms with E-state index in [1.165, 1.54) is 4.90 Å². The number of nitrogens with one attached hydrogen (secondary N) is 1. The molecule has 0 bridgehead atoms. The minimum Gasteiger partial charge on any atom is -0.494 e. The molecule has 1 saturated heterocycles. The first kappa shape index (κ1) is 13.1. The smallest absolute Gasteiger partial charge is 0.308 e. The minimum absolute atomic E-state index is 0.0548. The van der Waals surface area contributed by atoms with Crippen LogP contribution in [0.1, 0.15) is 23.7 Å². The summed E-state index contributed by atoms with van der Waals surface area (Å²) in [6, 6.07) is 1.80. The number of aromatic hydroxyl groups is 1. The van der Waals surface area contributed by atoms with Crippen LogP contribution in [0.3, 0.4) is 0 Å². The highest BCUT2D eigenvalue weighted by molar-refractivity contribution is 5.95. The summed E-state index contributed by atoms with van der Waals surface area (Å²) in [5, 5.41) is 18.3. The molecule has 2 atom stereocenters. The second-order valence-electron chi connectivity index (χ2n) is 4.59. The number of aliphatic carboxylic acids is 1. The van der Waals surface area contributed by atoms with Crippen LogP contribution in [0.25, 0.3) is 0 Å². The van der Waals surface area contributed by atoms with Gasteiger partial charge in [0.25, 0.3) is 11.5 Å². The van der Waals surface area contributed by atoms with Crippen molar-refractivity contribution in [2.75, 3.05) is 6.54 Å². The number of pyridine rings is 1. The Bertz CT molecular complexity index is 580. The monoisotopic (exact) mass is 266 g/mol. The molecule has 1 aromatic rings. The van der Waals surface area contributed by atoms with Crippen LogP contribution >= 0.6 is 0 Å². The van der Waals surface area contributed by atoms with Gasteiger partial charge < -0.3 is 15.1 Å². The Morgan fingerprint density at radius 3 is 2.63 bits per heavy atom. The lowest BCUT2D eigenvalue weighted by Gasteiger charge is -2.23. The summed E-state index contributed by atoms with van der Waals surface area (Å²) in [7, 11) is 0. The Labute approximate surface area is 108 Å². The van der Waals surface area contributed by atoms with Crippen molar-refractivity contribution in [2.24, 2.45) is 5.92 Å². The maximum absolute atomic E-state index is 12.2. The summed E-state index contributed by atoms with van der Waals surface area (Å²) < 4.78 is 0. The molecule has 1 aliphatic heterocycles. The third kappa shape index (κ3) is 2.44. The topological polar surface area (TPSA) is 111 Å². The molecule has 1 fully saturated rings. The second kappa shape index (κ2) is 4.75. The van der Waals surface area contributed by atoms with E-state index in [-0.39, 0.29) is 5.56 Å². The lowest BCUT2D eigenvalue weighted by molar-refractivity contribution is -0.142. The number of carboxylic acids is 1. The number of carboxylic acid groups (broad SMARTS) is 1. The highest BCUT2D eigenvalue weighted by atomic mass is 16.4. The van der Waals surface area contributed by atoms with E-state index >= 15 is 0 Å². The molecule has 0 aliphatic carbocycles. The fourth-order valence-corrected chi connectivity index (χ4v) is 2.37. The normalized spacial score (nSPS) is 22.5. The fourth-order valence-electron chi connectivity index (χ4n) is 2.37. The quantitative estimate of drug-likeness (QED) is 0.698. The van der Waals surface area contributed by atoms with Gasteiger partial charge in [0.2, 0.25) is 0 Å². The first-order chi connectivity index (χ1) is 8.90. The van der Waals surface area contributed by atoms with Crippen molar-refractivity contribution in [3.63, 3.8) is 0 Å². The molecule has 19 heavy (non-hydrogen) atoms. The summed E-state index contributed by atoms with van der Waals surface area (Å²) >= 11 is 0. The molecular formula is C12H14N2O5. The Morgan fingerprint density at radius 1 is 1.42 bits per heavy atom. The fraction of sp³-hybridized carbons (Fsp3) is 0.417. The Morgan fingerprint density at radius 2 is 2.11 bits per heavy atom. The van der Waals surface area contributed by atoms with Gasteiger partial charge in [0.05, 0.1) is 11.5 Å². The van der Waals surface area contributed by atoms with Crippen molar-refractivity contribution < 1.29 is 19.8 Å². The van der Waals surface area contributed by atoms with E-state index in [2.05, 4.69) is 4.98 Å². The molecule has 7 nitrogen and oxygen atoms in total. The van der Waals surface area contributed by atoms with Crippen LogP contribution in [-0.4, -0.2) is 44.6 Å². The van der Waals surface area contributed by atoms with E-state index < -0.39 is 35.3 Å². The summed E-state index contributed by atoms with van der Waals surface area (Å²) in [4.78, 5) is 37.9. The SMILES string of the molecule is CC1C(C(=O)O)CCN1C(=O)c1cc(O)[nH]c(=O)c1. The second-order valence-corrected chi connectivity index (χ2v) is 4.59. The van der Waals surface area contributed by atoms with Crippen molar-refractivity contribution in [3.8, 4) is 5.88 Å². The van der Waals surface area contributed by atoms with Crippen LogP contribution in [0.5, 0.6) is 5.88 Å². The van der Waals surface area contributed by atoms with Crippen molar-refractivity contribution in [3.05, 3.63) is 28.0 Å². The maximum atomic E-state index is 12.2. The van der Waals surface area contributed by atoms with Gasteiger partial charge in [-0.3, -0.25) is 19.4 Å². The Kier molecular flexibility index (Phi) is 3.28. The summed E-state index contributed by atoms with van der Waals surface area (Å²) in [5.41, 5.74) is -0.524. The van der Waals surface area contributed by atoms with Gasteiger partial charge in [0, 0.05) is 24.7 Å². The van der Waals surface area contributed by atoms with Crippen LogP contribution < -0.4 is 5.56 Å². The number of carbonyl (C=O) groups is 2. The highest BCUT2D eigenvalue weighted by Gasteiger charge is 2.38. The standard InChI is InChI=1S/C12H14N2O5/c1-6-8(12(18)19)2-3-14(6)11(17)7-4-9(15)13-10(16)5-7/h4-6,8H,2-3H2,1H3,(H,18,19)(H2,13,15,16). The van der Waals surface area contributed by atoms with Crippen molar-refractivity contribution in [2.45, 2.75) is 19.4 Å². The predicted molar refractivity (Wildman–Crippen MR) is 65.0 cm³/mol. The largest absolute Gasteiger partial charge is 0.494 e. The maximum Gasteiger partial charge on any atom is 0.308 e. The average Bonchev–Trinajstić information content (AvgIpc) is 2.69. The molecule has 0 radical (unpaired) electrons. The Balaban J connectivity index is 2.25. The number of likely N-dealkylation sites (tertiary alicyclic amines) is 1. The Hall–Kier alpha value is -2.31. The third-order valence-electron chi connectivity index (χ3n) is 3.41. The molecule has 2 unspecified atom stereocenters. The van der Waals surface area contributed by atoms with E-state index in [1.54, 1.807) is 6.92 Å². The van der Waals surface area contributed by atoms with Gasteiger partial charge >= 0.3 is 5.97 Å². The minimum atomic E-state index is -0.934. The number of aromatic amines is 1. The average molecular weight is 266 g/mol. The zero-order chi connectivity index (χ0) is 14.2. The summed E-state index contributed by atoms with van der Waals surface area (Å²) in [6.45, 7) is 1.99. The number of aromatic nitrogens is 1. The van der Waals surface area contributed by atoms with Crippen LogP contribution in [-0.2, 0) is 4.79 Å². The molecule has 1 aliphatic rings. The first-order valence-electron chi connectivity index (χ1n) is 5.87. The van der Waals surface area contributed by atoms with Gasteiger partial charge in [0.1, 0.15) is 0 Å². The molecular weight excluding hydrogens is 252 g/mol. The molecule has 0 saturated carbocycles. The molecule has 102 valence electrons. The molecule has 1 amide bonds. The van der Waals surface area contributed by atoms with Gasteiger partial charge in [-0.15, -0.1) is 0 Å². The number of H-pyrrole nitrogens is 1. The van der Waals surface area contributed by atoms with E-state index in [0.29, 0.717) is 13.0 Å². The molecule has 0 spiro atoms. The summed E-state index contributed by atoms with van der Waals surface area (Å²) in [6.07, 6.45) is 0.386. The van der Waals surface area contributed by atoms with E-state index in [0.717, 1.165) is 12.1 Å². The lowest BCUT2D eigenvalue weighted by Crippen LogP contribution is -2.38. The van der Waals surface area contributed by atoms with Gasteiger partial charge in [0.15, 0.2) is 5.88 Å². The van der Waals surface area contributed by atoms with E-state index in [9.17, 15) is 19.5 Å². The van der Waals surface area contributed by atoms with Gasteiger partial charge in [-0.1, -0.05) is 0 Å². The van der Waals surface area contributed by atoms with Crippen LogP contribution in [0.2, 0.25) is 0 Å². The lowest BCUT2D eigenvalue weighted by atomic mass is 10.0. The summed E-state index contributed by atoms with van der Waals surface area (Å²) in [5.74, 6) is -2.37. The number of nitrogens with zero attached hydrogens (tertiary/aromatic N) is 1. The highest BCUT2D eigenvalue weighted by Crippen LogP contribution is 2.26. The zero-order valence-electron chi connectivity index (χ0n) is 10.3. The molecule has 0 aromatic carbocycles. The van der Waals surface area contributed by atoms with Crippen molar-refractivity contribution in [1.29, 1.82) is 0 Å². The molecule has 2 rings (SSSR count). The third-order valence-corrected chi connectivity index (χ3v) is 3.41. The van der Waals surface area contributed by atoms with Crippen molar-refractivity contribution >= 4 is 11.9 Å². The first-order valence-corrected chi connectivity index (χ1v) is 5.87. The molecule has 3 N–H and O–H groups in total. The van der Waals surface area contributed by atoms with Gasteiger partial charge in [-0.2, -0.15) is 0 Å². The van der Waals surface area contributed by atoms with Crippen LogP contribution in [0, 0.1) is 5.92 Å².